The molecule has 1 N–H and O–H groups in total. The van der Waals surface area contributed by atoms with Gasteiger partial charge in [0, 0.05) is 32.1 Å². The van der Waals surface area contributed by atoms with E-state index in [1.807, 2.05) is 31.2 Å². The molecule has 128 valence electrons. The molecule has 0 bridgehead atoms. The Balaban J connectivity index is 1.55. The van der Waals surface area contributed by atoms with Gasteiger partial charge >= 0.3 is 0 Å². The number of amides is 1. The van der Waals surface area contributed by atoms with Crippen molar-refractivity contribution in [3.05, 3.63) is 29.8 Å². The summed E-state index contributed by atoms with van der Waals surface area (Å²) in [6, 6.07) is 8.31. The summed E-state index contributed by atoms with van der Waals surface area (Å²) in [4.78, 5) is 14.2. The number of rotatable bonds is 8. The molecule has 0 aromatic heterocycles. The molecule has 0 saturated carbocycles. The number of nitrogens with one attached hydrogen (secondary N) is 1. The normalized spacial score (nSPS) is 16.8. The quantitative estimate of drug-likeness (QED) is 0.744. The number of nitrogens with zero attached hydrogens (tertiary/aromatic N) is 1. The summed E-state index contributed by atoms with van der Waals surface area (Å²) in [7, 11) is 0. The van der Waals surface area contributed by atoms with Gasteiger partial charge in [0.1, 0.15) is 5.75 Å². The van der Waals surface area contributed by atoms with Crippen molar-refractivity contribution in [1.29, 1.82) is 0 Å². The molecule has 2 rings (SSSR count). The predicted molar refractivity (Wildman–Crippen MR) is 90.8 cm³/mol. The largest absolute Gasteiger partial charge is 0.494 e. The zero-order valence-corrected chi connectivity index (χ0v) is 14.2. The number of benzene rings is 1. The minimum Gasteiger partial charge on any atom is -0.494 e. The summed E-state index contributed by atoms with van der Waals surface area (Å²) in [5, 5.41) is 3.01. The molecule has 0 aliphatic carbocycles. The molecule has 5 heteroatoms. The Hall–Kier alpha value is -1.59. The van der Waals surface area contributed by atoms with Crippen molar-refractivity contribution in [2.75, 3.05) is 39.5 Å². The fourth-order valence-corrected chi connectivity index (χ4v) is 2.55. The lowest BCUT2D eigenvalue weighted by atomic mass is 10.2. The molecule has 1 atom stereocenters. The predicted octanol–water partition coefficient (Wildman–Crippen LogP) is 1.99. The first-order valence-corrected chi connectivity index (χ1v) is 8.43. The first-order valence-electron chi connectivity index (χ1n) is 8.43. The SMILES string of the molecule is Cc1ccc(OCCCC(=O)NCC(C)N2CCOCC2)cc1. The minimum atomic E-state index is 0.0950. The van der Waals surface area contributed by atoms with Gasteiger partial charge in [-0.3, -0.25) is 9.69 Å². The van der Waals surface area contributed by atoms with E-state index in [-0.39, 0.29) is 5.91 Å². The Bertz CT molecular complexity index is 470. The lowest BCUT2D eigenvalue weighted by molar-refractivity contribution is -0.121. The molecule has 1 amide bonds. The van der Waals surface area contributed by atoms with E-state index in [1.54, 1.807) is 0 Å². The van der Waals surface area contributed by atoms with Crippen molar-refractivity contribution in [3.63, 3.8) is 0 Å². The zero-order valence-electron chi connectivity index (χ0n) is 14.2. The third-order valence-corrected chi connectivity index (χ3v) is 4.10. The van der Waals surface area contributed by atoms with Gasteiger partial charge in [-0.15, -0.1) is 0 Å². The van der Waals surface area contributed by atoms with Crippen LogP contribution in [0, 0.1) is 6.92 Å². The highest BCUT2D eigenvalue weighted by atomic mass is 16.5. The summed E-state index contributed by atoms with van der Waals surface area (Å²) in [5.41, 5.74) is 1.21. The highest BCUT2D eigenvalue weighted by molar-refractivity contribution is 5.75. The minimum absolute atomic E-state index is 0.0950. The van der Waals surface area contributed by atoms with E-state index in [0.717, 1.165) is 38.5 Å². The maximum Gasteiger partial charge on any atom is 0.220 e. The monoisotopic (exact) mass is 320 g/mol. The van der Waals surface area contributed by atoms with Crippen LogP contribution in [-0.4, -0.2) is 56.3 Å². The third-order valence-electron chi connectivity index (χ3n) is 4.10. The second kappa shape index (κ2) is 9.53. The van der Waals surface area contributed by atoms with Crippen LogP contribution in [0.5, 0.6) is 5.75 Å². The first-order chi connectivity index (χ1) is 11.1. The fourth-order valence-electron chi connectivity index (χ4n) is 2.55. The fraction of sp³-hybridized carbons (Fsp3) is 0.611. The number of hydrogen-bond acceptors (Lipinski definition) is 4. The molecular weight excluding hydrogens is 292 g/mol. The molecule has 23 heavy (non-hydrogen) atoms. The number of aryl methyl sites for hydroxylation is 1. The first kappa shape index (κ1) is 17.8. The molecule has 5 nitrogen and oxygen atoms in total. The van der Waals surface area contributed by atoms with Crippen LogP contribution < -0.4 is 10.1 Å². The van der Waals surface area contributed by atoms with Crippen LogP contribution in [0.25, 0.3) is 0 Å². The molecule has 1 unspecified atom stereocenters. The average Bonchev–Trinajstić information content (AvgIpc) is 2.59. The van der Waals surface area contributed by atoms with E-state index in [2.05, 4.69) is 17.1 Å². The van der Waals surface area contributed by atoms with E-state index >= 15 is 0 Å². The van der Waals surface area contributed by atoms with Gasteiger partial charge in [0.2, 0.25) is 5.91 Å². The third kappa shape index (κ3) is 6.59. The number of carbonyl (C=O) groups excluding carboxylic acids is 1. The van der Waals surface area contributed by atoms with Crippen molar-refractivity contribution in [3.8, 4) is 5.75 Å². The summed E-state index contributed by atoms with van der Waals surface area (Å²) in [6.07, 6.45) is 1.23. The van der Waals surface area contributed by atoms with Crippen LogP contribution in [0.4, 0.5) is 0 Å². The maximum atomic E-state index is 11.9. The lowest BCUT2D eigenvalue weighted by Crippen LogP contribution is -2.47. The molecule has 1 heterocycles. The van der Waals surface area contributed by atoms with E-state index < -0.39 is 0 Å². The second-order valence-electron chi connectivity index (χ2n) is 6.07. The van der Waals surface area contributed by atoms with Crippen molar-refractivity contribution in [1.82, 2.24) is 10.2 Å². The molecule has 0 radical (unpaired) electrons. The highest BCUT2D eigenvalue weighted by Crippen LogP contribution is 2.11. The van der Waals surface area contributed by atoms with Gasteiger partial charge < -0.3 is 14.8 Å². The molecular formula is C18H28N2O3. The Kier molecular flexibility index (Phi) is 7.36. The summed E-state index contributed by atoms with van der Waals surface area (Å²) >= 11 is 0. The zero-order chi connectivity index (χ0) is 16.5. The Morgan fingerprint density at radius 1 is 1.30 bits per heavy atom. The van der Waals surface area contributed by atoms with Crippen LogP contribution >= 0.6 is 0 Å². The summed E-state index contributed by atoms with van der Waals surface area (Å²) < 4.78 is 11.0. The van der Waals surface area contributed by atoms with Crippen LogP contribution in [0.2, 0.25) is 0 Å². The van der Waals surface area contributed by atoms with E-state index in [1.165, 1.54) is 5.56 Å². The van der Waals surface area contributed by atoms with Gasteiger partial charge in [0.25, 0.3) is 0 Å². The van der Waals surface area contributed by atoms with Gasteiger partial charge in [0.05, 0.1) is 19.8 Å². The number of hydrogen-bond donors (Lipinski definition) is 1. The van der Waals surface area contributed by atoms with E-state index in [0.29, 0.717) is 25.6 Å². The van der Waals surface area contributed by atoms with Crippen molar-refractivity contribution in [2.24, 2.45) is 0 Å². The van der Waals surface area contributed by atoms with Crippen molar-refractivity contribution >= 4 is 5.91 Å². The van der Waals surface area contributed by atoms with Crippen molar-refractivity contribution < 1.29 is 14.3 Å². The molecule has 1 aliphatic rings. The number of morpholine rings is 1. The van der Waals surface area contributed by atoms with Gasteiger partial charge in [-0.2, -0.15) is 0 Å². The van der Waals surface area contributed by atoms with Gasteiger partial charge in [-0.1, -0.05) is 17.7 Å². The Morgan fingerprint density at radius 2 is 2.00 bits per heavy atom. The second-order valence-corrected chi connectivity index (χ2v) is 6.07. The standard InChI is InChI=1S/C18H28N2O3/c1-15-5-7-17(8-6-15)23-11-3-4-18(21)19-14-16(2)20-9-12-22-13-10-20/h5-8,16H,3-4,9-14H2,1-2H3,(H,19,21). The van der Waals surface area contributed by atoms with Crippen molar-refractivity contribution in [2.45, 2.75) is 32.7 Å². The van der Waals surface area contributed by atoms with Gasteiger partial charge in [0.15, 0.2) is 0 Å². The molecule has 1 aromatic rings. The average molecular weight is 320 g/mol. The van der Waals surface area contributed by atoms with Gasteiger partial charge in [-0.25, -0.2) is 0 Å². The summed E-state index contributed by atoms with van der Waals surface area (Å²) in [6.45, 7) is 8.91. The summed E-state index contributed by atoms with van der Waals surface area (Å²) in [5.74, 6) is 0.953. The number of ether oxygens (including phenoxy) is 2. The molecule has 1 fully saturated rings. The molecule has 1 aromatic carbocycles. The van der Waals surface area contributed by atoms with E-state index in [4.69, 9.17) is 9.47 Å². The van der Waals surface area contributed by atoms with E-state index in [9.17, 15) is 4.79 Å². The molecule has 1 aliphatic heterocycles. The van der Waals surface area contributed by atoms with Crippen LogP contribution in [-0.2, 0) is 9.53 Å². The Morgan fingerprint density at radius 3 is 2.70 bits per heavy atom. The maximum absolute atomic E-state index is 11.9. The highest BCUT2D eigenvalue weighted by Gasteiger charge is 2.17. The molecule has 1 saturated heterocycles. The van der Waals surface area contributed by atoms with Crippen LogP contribution in [0.3, 0.4) is 0 Å². The number of carbonyl (C=O) groups is 1. The Labute approximate surface area is 139 Å². The van der Waals surface area contributed by atoms with Crippen LogP contribution in [0.1, 0.15) is 25.3 Å². The smallest absolute Gasteiger partial charge is 0.220 e. The lowest BCUT2D eigenvalue weighted by Gasteiger charge is -2.32. The van der Waals surface area contributed by atoms with Gasteiger partial charge in [-0.05, 0) is 32.4 Å². The topological polar surface area (TPSA) is 50.8 Å². The van der Waals surface area contributed by atoms with Crippen LogP contribution in [0.15, 0.2) is 24.3 Å². The molecule has 0 spiro atoms.